The summed E-state index contributed by atoms with van der Waals surface area (Å²) in [5.74, 6) is -0.560. The lowest BCUT2D eigenvalue weighted by Gasteiger charge is -2.23. The van der Waals surface area contributed by atoms with Crippen molar-refractivity contribution in [3.05, 3.63) is 45.6 Å². The van der Waals surface area contributed by atoms with Gasteiger partial charge in [0.15, 0.2) is 0 Å². The largest absolute Gasteiger partial charge is 0.418 e. The van der Waals surface area contributed by atoms with Crippen molar-refractivity contribution in [2.45, 2.75) is 95.9 Å². The predicted molar refractivity (Wildman–Crippen MR) is 151 cm³/mol. The van der Waals surface area contributed by atoms with Crippen molar-refractivity contribution in [2.24, 2.45) is 0 Å². The van der Waals surface area contributed by atoms with E-state index >= 15 is 0 Å². The minimum Gasteiger partial charge on any atom is -0.389 e. The van der Waals surface area contributed by atoms with E-state index in [1.54, 1.807) is 38.5 Å². The molecule has 222 valence electrons. The van der Waals surface area contributed by atoms with Gasteiger partial charge in [-0.05, 0) is 79.4 Å². The van der Waals surface area contributed by atoms with Gasteiger partial charge in [0.1, 0.15) is 4.90 Å². The maximum Gasteiger partial charge on any atom is 0.418 e. The Kier molecular flexibility index (Phi) is 9.25. The summed E-state index contributed by atoms with van der Waals surface area (Å²) in [5.41, 5.74) is -2.21. The van der Waals surface area contributed by atoms with Crippen LogP contribution in [0.25, 0.3) is 17.5 Å². The molecule has 3 rings (SSSR count). The summed E-state index contributed by atoms with van der Waals surface area (Å²) in [6.07, 6.45) is 1.27. The molecular formula is C28H37ClF3N3O4S. The number of carbonyl (C=O) groups is 1. The van der Waals surface area contributed by atoms with Crippen LogP contribution in [0.3, 0.4) is 0 Å². The number of nitrogens with one attached hydrogen (secondary N) is 2. The van der Waals surface area contributed by atoms with E-state index in [4.69, 9.17) is 11.6 Å². The zero-order valence-electron chi connectivity index (χ0n) is 23.6. The Labute approximate surface area is 238 Å². The fourth-order valence-corrected chi connectivity index (χ4v) is 6.73. The van der Waals surface area contributed by atoms with Gasteiger partial charge in [0, 0.05) is 29.5 Å². The molecule has 1 fully saturated rings. The molecule has 1 heterocycles. The third kappa shape index (κ3) is 7.69. The van der Waals surface area contributed by atoms with Crippen molar-refractivity contribution < 1.29 is 31.5 Å². The molecule has 3 N–H and O–H groups in total. The van der Waals surface area contributed by atoms with Gasteiger partial charge in [-0.3, -0.25) is 4.79 Å². The third-order valence-electron chi connectivity index (χ3n) is 6.42. The number of carbonyl (C=O) groups excluding carboxylic acids is 1. The number of hydrogen-bond donors (Lipinski definition) is 3. The lowest BCUT2D eigenvalue weighted by molar-refractivity contribution is -0.137. The lowest BCUT2D eigenvalue weighted by Crippen LogP contribution is -2.40. The zero-order chi connectivity index (χ0) is 30.3. The van der Waals surface area contributed by atoms with E-state index in [0.717, 1.165) is 49.8 Å². The SMILES string of the molecule is Cc1c(C(=O)NCC(C)(C)O)cc(-c2ccc(S(=O)(=O)NC(C)(C)C)c(Cl)c2C(F)(F)F)n1C=C1CCCCC1. The Balaban J connectivity index is 2.28. The molecule has 2 aromatic rings. The van der Waals surface area contributed by atoms with Gasteiger partial charge in [0.25, 0.3) is 5.91 Å². The van der Waals surface area contributed by atoms with E-state index in [1.807, 2.05) is 0 Å². The highest BCUT2D eigenvalue weighted by Gasteiger charge is 2.40. The summed E-state index contributed by atoms with van der Waals surface area (Å²) in [5, 5.41) is 11.7. The molecule has 1 saturated carbocycles. The second-order valence-corrected chi connectivity index (χ2v) is 13.9. The quantitative estimate of drug-likeness (QED) is 0.335. The van der Waals surface area contributed by atoms with Gasteiger partial charge in [-0.2, -0.15) is 13.2 Å². The monoisotopic (exact) mass is 603 g/mol. The normalized spacial score (nSPS) is 15.3. The Morgan fingerprint density at radius 1 is 1.10 bits per heavy atom. The second kappa shape index (κ2) is 11.5. The molecule has 0 spiro atoms. The number of rotatable bonds is 7. The van der Waals surface area contributed by atoms with Gasteiger partial charge < -0.3 is 15.0 Å². The standard InChI is InChI=1S/C28H37ClF3N3O4S/c1-17-20(25(36)33-16-27(5,6)37)14-21(35(17)15-18-10-8-7-9-11-18)19-12-13-22(24(29)23(19)28(30,31)32)40(38,39)34-26(2,3)4/h12-15,34,37H,7-11,16H2,1-6H3,(H,33,36). The molecule has 0 atom stereocenters. The van der Waals surface area contributed by atoms with Crippen molar-refractivity contribution in [1.82, 2.24) is 14.6 Å². The number of sulfonamides is 1. The van der Waals surface area contributed by atoms with Gasteiger partial charge in [0.2, 0.25) is 10.0 Å². The zero-order valence-corrected chi connectivity index (χ0v) is 25.2. The van der Waals surface area contributed by atoms with Gasteiger partial charge >= 0.3 is 6.18 Å². The number of aliphatic hydroxyl groups is 1. The smallest absolute Gasteiger partial charge is 0.389 e. The van der Waals surface area contributed by atoms with E-state index in [-0.39, 0.29) is 23.4 Å². The fraction of sp³-hybridized carbons (Fsp3) is 0.536. The van der Waals surface area contributed by atoms with Crippen LogP contribution >= 0.6 is 11.6 Å². The summed E-state index contributed by atoms with van der Waals surface area (Å²) >= 11 is 6.24. The number of halogens is 4. The molecule has 0 aliphatic heterocycles. The molecule has 1 aromatic heterocycles. The molecule has 12 heteroatoms. The molecule has 7 nitrogen and oxygen atoms in total. The number of nitrogens with zero attached hydrogens (tertiary/aromatic N) is 1. The van der Waals surface area contributed by atoms with Gasteiger partial charge in [0.05, 0.1) is 27.4 Å². The molecule has 0 unspecified atom stereocenters. The molecule has 0 saturated heterocycles. The number of aromatic nitrogens is 1. The molecule has 1 amide bonds. The number of amides is 1. The van der Waals surface area contributed by atoms with Crippen molar-refractivity contribution in [3.63, 3.8) is 0 Å². The summed E-state index contributed by atoms with van der Waals surface area (Å²) < 4.78 is 73.6. The highest BCUT2D eigenvalue weighted by atomic mass is 35.5. The number of benzene rings is 1. The molecule has 0 bridgehead atoms. The van der Waals surface area contributed by atoms with Crippen molar-refractivity contribution in [2.75, 3.05) is 6.54 Å². The lowest BCUT2D eigenvalue weighted by atomic mass is 9.95. The number of hydrogen-bond acceptors (Lipinski definition) is 4. The van der Waals surface area contributed by atoms with Gasteiger partial charge in [-0.1, -0.05) is 29.7 Å². The topological polar surface area (TPSA) is 100 Å². The van der Waals surface area contributed by atoms with Crippen LogP contribution in [0.4, 0.5) is 13.2 Å². The van der Waals surface area contributed by atoms with Crippen LogP contribution in [-0.2, 0) is 16.2 Å². The van der Waals surface area contributed by atoms with Crippen molar-refractivity contribution in [3.8, 4) is 11.3 Å². The van der Waals surface area contributed by atoms with E-state index < -0.39 is 48.7 Å². The summed E-state index contributed by atoms with van der Waals surface area (Å²) in [6.45, 7) is 9.30. The minimum atomic E-state index is -5.01. The van der Waals surface area contributed by atoms with Crippen LogP contribution in [0.15, 0.2) is 28.7 Å². The highest BCUT2D eigenvalue weighted by molar-refractivity contribution is 7.89. The fourth-order valence-electron chi connectivity index (χ4n) is 4.65. The molecule has 0 radical (unpaired) electrons. The van der Waals surface area contributed by atoms with E-state index in [0.29, 0.717) is 5.69 Å². The van der Waals surface area contributed by atoms with E-state index in [9.17, 15) is 31.5 Å². The molecule has 40 heavy (non-hydrogen) atoms. The van der Waals surface area contributed by atoms with Crippen molar-refractivity contribution >= 4 is 33.7 Å². The maximum atomic E-state index is 14.6. The van der Waals surface area contributed by atoms with Crippen LogP contribution in [0.2, 0.25) is 5.02 Å². The minimum absolute atomic E-state index is 0.0472. The Bertz CT molecular complexity index is 1410. The number of alkyl halides is 3. The summed E-state index contributed by atoms with van der Waals surface area (Å²) in [7, 11) is -4.39. The average Bonchev–Trinajstić information content (AvgIpc) is 3.10. The first-order valence-corrected chi connectivity index (χ1v) is 14.9. The average molecular weight is 604 g/mol. The van der Waals surface area contributed by atoms with Gasteiger partial charge in [-0.15, -0.1) is 0 Å². The molecular weight excluding hydrogens is 567 g/mol. The first-order valence-electron chi connectivity index (χ1n) is 13.1. The Morgan fingerprint density at radius 2 is 1.70 bits per heavy atom. The second-order valence-electron chi connectivity index (χ2n) is 11.9. The predicted octanol–water partition coefficient (Wildman–Crippen LogP) is 6.52. The third-order valence-corrected chi connectivity index (χ3v) is 8.73. The van der Waals surface area contributed by atoms with E-state index in [2.05, 4.69) is 10.0 Å². The molecule has 1 aliphatic rings. The Hall–Kier alpha value is -2.34. The maximum absolute atomic E-state index is 14.6. The Morgan fingerprint density at radius 3 is 2.23 bits per heavy atom. The van der Waals surface area contributed by atoms with Crippen LogP contribution in [0, 0.1) is 6.92 Å². The van der Waals surface area contributed by atoms with Crippen LogP contribution < -0.4 is 10.0 Å². The summed E-state index contributed by atoms with van der Waals surface area (Å²) in [4.78, 5) is 12.4. The van der Waals surface area contributed by atoms with E-state index in [1.165, 1.54) is 19.9 Å². The number of allylic oxidation sites excluding steroid dienone is 1. The van der Waals surface area contributed by atoms with Crippen LogP contribution in [0.5, 0.6) is 0 Å². The first kappa shape index (κ1) is 32.2. The highest BCUT2D eigenvalue weighted by Crippen LogP contribution is 2.45. The van der Waals surface area contributed by atoms with Crippen molar-refractivity contribution in [1.29, 1.82) is 0 Å². The van der Waals surface area contributed by atoms with Gasteiger partial charge in [-0.25, -0.2) is 13.1 Å². The molecule has 1 aromatic carbocycles. The van der Waals surface area contributed by atoms with Crippen LogP contribution in [0.1, 0.15) is 88.3 Å². The first-order chi connectivity index (χ1) is 18.2. The summed E-state index contributed by atoms with van der Waals surface area (Å²) in [6, 6.07) is 3.47. The van der Waals surface area contributed by atoms with Crippen LogP contribution in [-0.4, -0.2) is 41.7 Å². The molecule has 1 aliphatic carbocycles.